The third-order valence-electron chi connectivity index (χ3n) is 2.09. The van der Waals surface area contributed by atoms with Crippen LogP contribution in [0.25, 0.3) is 0 Å². The van der Waals surface area contributed by atoms with Crippen LogP contribution in [0.4, 0.5) is 11.4 Å². The zero-order chi connectivity index (χ0) is 11.4. The van der Waals surface area contributed by atoms with Crippen molar-refractivity contribution in [1.29, 1.82) is 5.26 Å². The van der Waals surface area contributed by atoms with Crippen LogP contribution < -0.4 is 10.9 Å². The SMILES string of the molecule is N#Cc1ccc(Nc2ccc(=O)[nH]c2)cc1. The third-order valence-corrected chi connectivity index (χ3v) is 2.09. The van der Waals surface area contributed by atoms with E-state index < -0.39 is 0 Å². The number of hydrogen-bond donors (Lipinski definition) is 2. The summed E-state index contributed by atoms with van der Waals surface area (Å²) in [7, 11) is 0. The molecule has 2 rings (SSSR count). The predicted molar refractivity (Wildman–Crippen MR) is 61.5 cm³/mol. The van der Waals surface area contributed by atoms with Gasteiger partial charge in [-0.2, -0.15) is 5.26 Å². The lowest BCUT2D eigenvalue weighted by Crippen LogP contribution is -2.02. The standard InChI is InChI=1S/C12H9N3O/c13-7-9-1-3-10(4-2-9)15-11-5-6-12(16)14-8-11/h1-6,8,15H,(H,14,16). The number of hydrogen-bond acceptors (Lipinski definition) is 3. The van der Waals surface area contributed by atoms with Gasteiger partial charge in [0.25, 0.3) is 0 Å². The number of nitrogens with one attached hydrogen (secondary N) is 2. The maximum atomic E-state index is 10.8. The number of nitrogens with zero attached hydrogens (tertiary/aromatic N) is 1. The molecule has 0 aliphatic rings. The van der Waals surface area contributed by atoms with Gasteiger partial charge in [0, 0.05) is 18.0 Å². The van der Waals surface area contributed by atoms with Crippen LogP contribution in [-0.4, -0.2) is 4.98 Å². The maximum absolute atomic E-state index is 10.8. The number of benzene rings is 1. The van der Waals surface area contributed by atoms with Crippen molar-refractivity contribution in [2.45, 2.75) is 0 Å². The number of aromatic amines is 1. The first-order valence-corrected chi connectivity index (χ1v) is 4.74. The van der Waals surface area contributed by atoms with Gasteiger partial charge in [-0.1, -0.05) is 0 Å². The summed E-state index contributed by atoms with van der Waals surface area (Å²) in [5, 5.41) is 11.7. The van der Waals surface area contributed by atoms with Gasteiger partial charge in [0.05, 0.1) is 17.3 Å². The quantitative estimate of drug-likeness (QED) is 0.798. The second-order valence-corrected chi connectivity index (χ2v) is 3.26. The van der Waals surface area contributed by atoms with E-state index in [0.717, 1.165) is 11.4 Å². The molecule has 0 radical (unpaired) electrons. The minimum atomic E-state index is -0.134. The van der Waals surface area contributed by atoms with E-state index in [1.807, 2.05) is 12.1 Å². The van der Waals surface area contributed by atoms with Crippen LogP contribution in [0.2, 0.25) is 0 Å². The summed E-state index contributed by atoms with van der Waals surface area (Å²) in [4.78, 5) is 13.4. The van der Waals surface area contributed by atoms with Gasteiger partial charge in [-0.3, -0.25) is 4.79 Å². The van der Waals surface area contributed by atoms with E-state index in [1.54, 1.807) is 24.4 Å². The fourth-order valence-corrected chi connectivity index (χ4v) is 1.28. The Morgan fingerprint density at radius 3 is 2.31 bits per heavy atom. The van der Waals surface area contributed by atoms with Crippen molar-refractivity contribution in [2.24, 2.45) is 0 Å². The van der Waals surface area contributed by atoms with Crippen LogP contribution in [0, 0.1) is 11.3 Å². The molecular weight excluding hydrogens is 202 g/mol. The monoisotopic (exact) mass is 211 g/mol. The van der Waals surface area contributed by atoms with Gasteiger partial charge >= 0.3 is 0 Å². The molecule has 0 atom stereocenters. The Labute approximate surface area is 92.2 Å². The van der Waals surface area contributed by atoms with Crippen molar-refractivity contribution >= 4 is 11.4 Å². The summed E-state index contributed by atoms with van der Waals surface area (Å²) in [6, 6.07) is 12.3. The lowest BCUT2D eigenvalue weighted by atomic mass is 10.2. The van der Waals surface area contributed by atoms with Crippen molar-refractivity contribution in [3.8, 4) is 6.07 Å². The van der Waals surface area contributed by atoms with Gasteiger partial charge < -0.3 is 10.3 Å². The summed E-state index contributed by atoms with van der Waals surface area (Å²) in [6.45, 7) is 0. The molecule has 0 bridgehead atoms. The van der Waals surface area contributed by atoms with Gasteiger partial charge in [0.1, 0.15) is 0 Å². The van der Waals surface area contributed by atoms with E-state index in [4.69, 9.17) is 5.26 Å². The molecule has 2 N–H and O–H groups in total. The molecule has 0 spiro atoms. The molecule has 1 heterocycles. The average molecular weight is 211 g/mol. The zero-order valence-electron chi connectivity index (χ0n) is 8.40. The Morgan fingerprint density at radius 2 is 1.75 bits per heavy atom. The van der Waals surface area contributed by atoms with Crippen LogP contribution in [0.15, 0.2) is 47.4 Å². The van der Waals surface area contributed by atoms with E-state index >= 15 is 0 Å². The minimum absolute atomic E-state index is 0.134. The normalized spacial score (nSPS) is 9.44. The highest BCUT2D eigenvalue weighted by molar-refractivity contribution is 5.59. The number of aromatic nitrogens is 1. The van der Waals surface area contributed by atoms with E-state index in [0.29, 0.717) is 5.56 Å². The summed E-state index contributed by atoms with van der Waals surface area (Å²) in [6.07, 6.45) is 1.60. The minimum Gasteiger partial charge on any atom is -0.354 e. The molecule has 4 heteroatoms. The molecule has 0 saturated carbocycles. The van der Waals surface area contributed by atoms with Crippen molar-refractivity contribution < 1.29 is 0 Å². The molecule has 0 fully saturated rings. The Morgan fingerprint density at radius 1 is 1.06 bits per heavy atom. The van der Waals surface area contributed by atoms with Crippen molar-refractivity contribution in [1.82, 2.24) is 4.98 Å². The summed E-state index contributed by atoms with van der Waals surface area (Å²) in [5.41, 5.74) is 2.15. The molecule has 16 heavy (non-hydrogen) atoms. The zero-order valence-corrected chi connectivity index (χ0v) is 8.40. The van der Waals surface area contributed by atoms with Crippen molar-refractivity contribution in [2.75, 3.05) is 5.32 Å². The topological polar surface area (TPSA) is 68.7 Å². The van der Waals surface area contributed by atoms with Gasteiger partial charge in [0.2, 0.25) is 5.56 Å². The van der Waals surface area contributed by atoms with Crippen LogP contribution in [0.3, 0.4) is 0 Å². The summed E-state index contributed by atoms with van der Waals surface area (Å²) < 4.78 is 0. The van der Waals surface area contributed by atoms with Gasteiger partial charge in [-0.05, 0) is 30.3 Å². The lowest BCUT2D eigenvalue weighted by Gasteiger charge is -2.05. The average Bonchev–Trinajstić information content (AvgIpc) is 2.33. The largest absolute Gasteiger partial charge is 0.354 e. The first-order chi connectivity index (χ1) is 7.78. The number of rotatable bonds is 2. The van der Waals surface area contributed by atoms with E-state index in [1.165, 1.54) is 6.07 Å². The van der Waals surface area contributed by atoms with Crippen molar-refractivity contribution in [3.05, 3.63) is 58.5 Å². The second-order valence-electron chi connectivity index (χ2n) is 3.26. The van der Waals surface area contributed by atoms with Gasteiger partial charge in [-0.15, -0.1) is 0 Å². The van der Waals surface area contributed by atoms with E-state index in [-0.39, 0.29) is 5.56 Å². The molecule has 0 aliphatic carbocycles. The highest BCUT2D eigenvalue weighted by Gasteiger charge is 1.95. The molecular formula is C12H9N3O. The highest BCUT2D eigenvalue weighted by atomic mass is 16.1. The number of nitriles is 1. The number of H-pyrrole nitrogens is 1. The molecule has 2 aromatic rings. The molecule has 4 nitrogen and oxygen atoms in total. The summed E-state index contributed by atoms with van der Waals surface area (Å²) >= 11 is 0. The van der Waals surface area contributed by atoms with Crippen molar-refractivity contribution in [3.63, 3.8) is 0 Å². The van der Waals surface area contributed by atoms with Gasteiger partial charge in [0.15, 0.2) is 0 Å². The Kier molecular flexibility index (Phi) is 2.70. The van der Waals surface area contributed by atoms with Crippen LogP contribution in [-0.2, 0) is 0 Å². The molecule has 1 aromatic heterocycles. The fraction of sp³-hybridized carbons (Fsp3) is 0. The molecule has 0 unspecified atom stereocenters. The van der Waals surface area contributed by atoms with E-state index in [9.17, 15) is 4.79 Å². The van der Waals surface area contributed by atoms with Gasteiger partial charge in [-0.25, -0.2) is 0 Å². The highest BCUT2D eigenvalue weighted by Crippen LogP contribution is 2.14. The lowest BCUT2D eigenvalue weighted by molar-refractivity contribution is 1.24. The summed E-state index contributed by atoms with van der Waals surface area (Å²) in [5.74, 6) is 0. The molecule has 0 aliphatic heterocycles. The molecule has 1 aromatic carbocycles. The maximum Gasteiger partial charge on any atom is 0.248 e. The van der Waals surface area contributed by atoms with Crippen LogP contribution >= 0.6 is 0 Å². The van der Waals surface area contributed by atoms with Crippen LogP contribution in [0.5, 0.6) is 0 Å². The first kappa shape index (κ1) is 9.99. The number of pyridine rings is 1. The Bertz CT molecular complexity index is 558. The fourth-order valence-electron chi connectivity index (χ4n) is 1.28. The Hall–Kier alpha value is -2.54. The number of anilines is 2. The second kappa shape index (κ2) is 4.32. The smallest absolute Gasteiger partial charge is 0.248 e. The third kappa shape index (κ3) is 2.28. The van der Waals surface area contributed by atoms with Crippen LogP contribution in [0.1, 0.15) is 5.56 Å². The Balaban J connectivity index is 2.18. The molecule has 0 amide bonds. The predicted octanol–water partition coefficient (Wildman–Crippen LogP) is 1.99. The molecule has 0 saturated heterocycles. The van der Waals surface area contributed by atoms with E-state index in [2.05, 4.69) is 16.4 Å². The first-order valence-electron chi connectivity index (χ1n) is 4.74. The molecule has 78 valence electrons.